The van der Waals surface area contributed by atoms with Crippen LogP contribution in [-0.4, -0.2) is 22.9 Å². The van der Waals surface area contributed by atoms with Crippen LogP contribution in [0.1, 0.15) is 0 Å². The van der Waals surface area contributed by atoms with Gasteiger partial charge in [-0.1, -0.05) is 34.1 Å². The Bertz CT molecular complexity index is 507. The fourth-order valence-electron chi connectivity index (χ4n) is 1.75. The van der Waals surface area contributed by atoms with Crippen molar-refractivity contribution >= 4 is 21.6 Å². The zero-order valence-electron chi connectivity index (χ0n) is 9.65. The van der Waals surface area contributed by atoms with Crippen molar-refractivity contribution in [1.82, 2.24) is 9.78 Å². The quantitative estimate of drug-likeness (QED) is 0.909. The Labute approximate surface area is 109 Å². The van der Waals surface area contributed by atoms with Crippen molar-refractivity contribution in [3.8, 4) is 11.3 Å². The van der Waals surface area contributed by atoms with Crippen molar-refractivity contribution in [3.05, 3.63) is 34.9 Å². The van der Waals surface area contributed by atoms with Gasteiger partial charge in [-0.25, -0.2) is 0 Å². The maximum Gasteiger partial charge on any atom is 0.0922 e. The van der Waals surface area contributed by atoms with E-state index in [-0.39, 0.29) is 0 Å². The van der Waals surface area contributed by atoms with Gasteiger partial charge in [0.25, 0.3) is 0 Å². The van der Waals surface area contributed by atoms with Crippen molar-refractivity contribution in [2.75, 3.05) is 18.4 Å². The molecular formula is C12H15BrN4. The minimum absolute atomic E-state index is 0.601. The van der Waals surface area contributed by atoms with Crippen molar-refractivity contribution in [2.45, 2.75) is 0 Å². The maximum absolute atomic E-state index is 5.50. The second-order valence-corrected chi connectivity index (χ2v) is 4.58. The van der Waals surface area contributed by atoms with Gasteiger partial charge in [0.05, 0.1) is 17.6 Å². The van der Waals surface area contributed by atoms with Crippen LogP contribution in [0.3, 0.4) is 0 Å². The summed E-state index contributed by atoms with van der Waals surface area (Å²) in [5, 5.41) is 7.56. The molecule has 0 spiro atoms. The van der Waals surface area contributed by atoms with Crippen LogP contribution in [0.5, 0.6) is 0 Å². The van der Waals surface area contributed by atoms with Crippen LogP contribution in [0.25, 0.3) is 11.3 Å². The third-order valence-corrected chi connectivity index (χ3v) is 3.22. The van der Waals surface area contributed by atoms with E-state index in [0.717, 1.165) is 28.0 Å². The molecule has 5 heteroatoms. The van der Waals surface area contributed by atoms with Gasteiger partial charge in [-0.2, -0.15) is 5.10 Å². The molecule has 17 heavy (non-hydrogen) atoms. The van der Waals surface area contributed by atoms with E-state index >= 15 is 0 Å². The zero-order valence-corrected chi connectivity index (χ0v) is 11.2. The lowest BCUT2D eigenvalue weighted by atomic mass is 10.1. The van der Waals surface area contributed by atoms with E-state index in [0.29, 0.717) is 6.54 Å². The summed E-state index contributed by atoms with van der Waals surface area (Å²) in [6.45, 7) is 1.34. The first-order chi connectivity index (χ1) is 8.24. The molecule has 0 aliphatic heterocycles. The highest BCUT2D eigenvalue weighted by molar-refractivity contribution is 9.10. The molecule has 90 valence electrons. The highest BCUT2D eigenvalue weighted by Crippen LogP contribution is 2.32. The van der Waals surface area contributed by atoms with Crippen molar-refractivity contribution in [1.29, 1.82) is 0 Å². The summed E-state index contributed by atoms with van der Waals surface area (Å²) >= 11 is 3.56. The summed E-state index contributed by atoms with van der Waals surface area (Å²) in [6.07, 6.45) is 1.82. The fourth-order valence-corrected chi connectivity index (χ4v) is 2.22. The molecule has 0 atom stereocenters. The lowest BCUT2D eigenvalue weighted by Gasteiger charge is -2.09. The molecule has 0 unspecified atom stereocenters. The molecular weight excluding hydrogens is 280 g/mol. The summed E-state index contributed by atoms with van der Waals surface area (Å²) < 4.78 is 2.92. The maximum atomic E-state index is 5.50. The summed E-state index contributed by atoms with van der Waals surface area (Å²) in [7, 11) is 1.93. The summed E-state index contributed by atoms with van der Waals surface area (Å²) in [5.41, 5.74) is 8.69. The zero-order chi connectivity index (χ0) is 12.3. The Morgan fingerprint density at radius 1 is 1.41 bits per heavy atom. The minimum Gasteiger partial charge on any atom is -0.381 e. The van der Waals surface area contributed by atoms with Gasteiger partial charge >= 0.3 is 0 Å². The number of aromatic nitrogens is 2. The SMILES string of the molecule is Cn1ncc(NCCN)c1-c1ccccc1Br. The van der Waals surface area contributed by atoms with Crippen molar-refractivity contribution < 1.29 is 0 Å². The predicted octanol–water partition coefficient (Wildman–Crippen LogP) is 2.22. The molecule has 0 amide bonds. The number of nitrogens with two attached hydrogens (primary N) is 1. The number of hydrogen-bond donors (Lipinski definition) is 2. The van der Waals surface area contributed by atoms with Crippen LogP contribution in [0.15, 0.2) is 34.9 Å². The normalized spacial score (nSPS) is 10.5. The molecule has 1 heterocycles. The van der Waals surface area contributed by atoms with E-state index in [2.05, 4.69) is 32.4 Å². The van der Waals surface area contributed by atoms with E-state index in [9.17, 15) is 0 Å². The molecule has 0 saturated heterocycles. The van der Waals surface area contributed by atoms with Gasteiger partial charge in [-0.15, -0.1) is 0 Å². The number of benzene rings is 1. The van der Waals surface area contributed by atoms with Crippen molar-refractivity contribution in [3.63, 3.8) is 0 Å². The molecule has 0 bridgehead atoms. The van der Waals surface area contributed by atoms with Crippen LogP contribution in [0, 0.1) is 0 Å². The average molecular weight is 295 g/mol. The minimum atomic E-state index is 0.601. The number of nitrogens with zero attached hydrogens (tertiary/aromatic N) is 2. The molecule has 1 aromatic carbocycles. The van der Waals surface area contributed by atoms with Gasteiger partial charge in [0.15, 0.2) is 0 Å². The van der Waals surface area contributed by atoms with Crippen LogP contribution < -0.4 is 11.1 Å². The first-order valence-electron chi connectivity index (χ1n) is 5.45. The van der Waals surface area contributed by atoms with Gasteiger partial charge in [0.1, 0.15) is 0 Å². The van der Waals surface area contributed by atoms with Gasteiger partial charge in [0, 0.05) is 30.2 Å². The molecule has 1 aromatic heterocycles. The summed E-state index contributed by atoms with van der Waals surface area (Å²) in [4.78, 5) is 0. The molecule has 4 nitrogen and oxygen atoms in total. The standard InChI is InChI=1S/C12H15BrN4/c1-17-12(9-4-2-3-5-10(9)13)11(8-16-17)15-7-6-14/h2-5,8,15H,6-7,14H2,1H3. The van der Waals surface area contributed by atoms with E-state index in [1.165, 1.54) is 0 Å². The van der Waals surface area contributed by atoms with E-state index < -0.39 is 0 Å². The Morgan fingerprint density at radius 2 is 2.18 bits per heavy atom. The second kappa shape index (κ2) is 5.33. The largest absolute Gasteiger partial charge is 0.381 e. The molecule has 0 aliphatic carbocycles. The lowest BCUT2D eigenvalue weighted by molar-refractivity contribution is 0.775. The lowest BCUT2D eigenvalue weighted by Crippen LogP contribution is -2.13. The number of nitrogens with one attached hydrogen (secondary N) is 1. The van der Waals surface area contributed by atoms with E-state index in [1.54, 1.807) is 0 Å². The van der Waals surface area contributed by atoms with Crippen LogP contribution in [0.2, 0.25) is 0 Å². The Morgan fingerprint density at radius 3 is 2.88 bits per heavy atom. The van der Waals surface area contributed by atoms with Gasteiger partial charge < -0.3 is 11.1 Å². The van der Waals surface area contributed by atoms with Gasteiger partial charge in [-0.05, 0) is 6.07 Å². The number of hydrogen-bond acceptors (Lipinski definition) is 3. The highest BCUT2D eigenvalue weighted by Gasteiger charge is 2.12. The molecule has 0 aliphatic rings. The van der Waals surface area contributed by atoms with Crippen LogP contribution in [-0.2, 0) is 7.05 Å². The third-order valence-electron chi connectivity index (χ3n) is 2.53. The smallest absolute Gasteiger partial charge is 0.0922 e. The molecule has 3 N–H and O–H groups in total. The highest BCUT2D eigenvalue weighted by atomic mass is 79.9. The average Bonchev–Trinajstić information content (AvgIpc) is 2.69. The number of aryl methyl sites for hydroxylation is 1. The summed E-state index contributed by atoms with van der Waals surface area (Å²) in [6, 6.07) is 8.10. The topological polar surface area (TPSA) is 55.9 Å². The predicted molar refractivity (Wildman–Crippen MR) is 73.9 cm³/mol. The van der Waals surface area contributed by atoms with Crippen LogP contribution in [0.4, 0.5) is 5.69 Å². The first-order valence-corrected chi connectivity index (χ1v) is 6.24. The number of rotatable bonds is 4. The Kier molecular flexibility index (Phi) is 3.81. The summed E-state index contributed by atoms with van der Waals surface area (Å²) in [5.74, 6) is 0. The number of halogens is 1. The monoisotopic (exact) mass is 294 g/mol. The molecule has 0 saturated carbocycles. The fraction of sp³-hybridized carbons (Fsp3) is 0.250. The van der Waals surface area contributed by atoms with E-state index in [1.807, 2.05) is 36.1 Å². The van der Waals surface area contributed by atoms with E-state index in [4.69, 9.17) is 5.73 Å². The Balaban J connectivity index is 2.44. The molecule has 2 aromatic rings. The van der Waals surface area contributed by atoms with Crippen molar-refractivity contribution in [2.24, 2.45) is 12.8 Å². The number of anilines is 1. The van der Waals surface area contributed by atoms with Gasteiger partial charge in [0.2, 0.25) is 0 Å². The molecule has 2 rings (SSSR count). The second-order valence-electron chi connectivity index (χ2n) is 3.73. The molecule has 0 radical (unpaired) electrons. The first kappa shape index (κ1) is 12.1. The van der Waals surface area contributed by atoms with Crippen LogP contribution >= 0.6 is 15.9 Å². The third kappa shape index (κ3) is 2.50. The molecule has 0 fully saturated rings. The van der Waals surface area contributed by atoms with Gasteiger partial charge in [-0.3, -0.25) is 4.68 Å². The Hall–Kier alpha value is -1.33.